The second-order valence-corrected chi connectivity index (χ2v) is 4.66. The molecule has 2 rings (SSSR count). The first-order chi connectivity index (χ1) is 7.31. The van der Waals surface area contributed by atoms with Crippen LogP contribution < -0.4 is 0 Å². The monoisotopic (exact) mass is 259 g/mol. The number of likely N-dealkylation sites (tertiary alicyclic amines) is 1. The number of benzene rings is 1. The molecule has 1 aliphatic rings. The van der Waals surface area contributed by atoms with Gasteiger partial charge in [0.1, 0.15) is 0 Å². The van der Waals surface area contributed by atoms with Gasteiger partial charge >= 0.3 is 0 Å². The molecule has 1 atom stereocenters. The van der Waals surface area contributed by atoms with Gasteiger partial charge in [-0.15, -0.1) is 12.4 Å². The third-order valence-electron chi connectivity index (χ3n) is 3.20. The summed E-state index contributed by atoms with van der Waals surface area (Å²) in [5, 5.41) is 0.852. The fourth-order valence-corrected chi connectivity index (χ4v) is 2.67. The molecule has 1 fully saturated rings. The van der Waals surface area contributed by atoms with Crippen LogP contribution in [0.2, 0.25) is 5.02 Å². The summed E-state index contributed by atoms with van der Waals surface area (Å²) in [6.07, 6.45) is 3.86. The van der Waals surface area contributed by atoms with Crippen LogP contribution in [0.3, 0.4) is 0 Å². The van der Waals surface area contributed by atoms with E-state index in [4.69, 9.17) is 11.6 Å². The lowest BCUT2D eigenvalue weighted by Crippen LogP contribution is -2.24. The predicted molar refractivity (Wildman–Crippen MR) is 72.5 cm³/mol. The molecule has 0 amide bonds. The molecular formula is C13H19Cl2N. The van der Waals surface area contributed by atoms with Gasteiger partial charge in [0.25, 0.3) is 0 Å². The number of nitrogens with zero attached hydrogens (tertiary/aromatic N) is 1. The first kappa shape index (κ1) is 13.8. The molecule has 0 N–H and O–H groups in total. The lowest BCUT2D eigenvalue weighted by Gasteiger charge is -2.26. The zero-order chi connectivity index (χ0) is 10.7. The van der Waals surface area contributed by atoms with Crippen LogP contribution in [0.5, 0.6) is 0 Å². The molecule has 1 aromatic rings. The summed E-state index contributed by atoms with van der Waals surface area (Å²) in [5.41, 5.74) is 1.37. The molecule has 1 aliphatic heterocycles. The van der Waals surface area contributed by atoms with Gasteiger partial charge in [0.15, 0.2) is 0 Å². The molecule has 90 valence electrons. The molecular weight excluding hydrogens is 241 g/mol. The van der Waals surface area contributed by atoms with E-state index in [0.29, 0.717) is 6.04 Å². The van der Waals surface area contributed by atoms with Gasteiger partial charge in [-0.3, -0.25) is 4.90 Å². The van der Waals surface area contributed by atoms with Crippen molar-refractivity contribution in [2.75, 3.05) is 13.1 Å². The number of halogens is 2. The Labute approximate surface area is 109 Å². The maximum absolute atomic E-state index is 6.03. The van der Waals surface area contributed by atoms with Crippen molar-refractivity contribution in [3.63, 3.8) is 0 Å². The van der Waals surface area contributed by atoms with Crippen LogP contribution in [0.1, 0.15) is 37.8 Å². The molecule has 1 unspecified atom stereocenters. The highest BCUT2D eigenvalue weighted by molar-refractivity contribution is 6.30. The molecule has 0 saturated carbocycles. The van der Waals surface area contributed by atoms with Crippen LogP contribution in [-0.2, 0) is 0 Å². The Balaban J connectivity index is 0.00000128. The van der Waals surface area contributed by atoms with Gasteiger partial charge in [0.05, 0.1) is 0 Å². The maximum Gasteiger partial charge on any atom is 0.0409 e. The number of rotatable bonds is 3. The quantitative estimate of drug-likeness (QED) is 0.782. The van der Waals surface area contributed by atoms with E-state index < -0.39 is 0 Å². The highest BCUT2D eigenvalue weighted by Gasteiger charge is 2.21. The number of hydrogen-bond donors (Lipinski definition) is 0. The Morgan fingerprint density at radius 2 is 2.00 bits per heavy atom. The van der Waals surface area contributed by atoms with Crippen molar-refractivity contribution in [2.24, 2.45) is 0 Å². The van der Waals surface area contributed by atoms with Crippen LogP contribution in [0.4, 0.5) is 0 Å². The van der Waals surface area contributed by atoms with E-state index in [9.17, 15) is 0 Å². The smallest absolute Gasteiger partial charge is 0.0409 e. The average Bonchev–Trinajstić information content (AvgIpc) is 2.72. The summed E-state index contributed by atoms with van der Waals surface area (Å²) in [7, 11) is 0. The largest absolute Gasteiger partial charge is 0.296 e. The van der Waals surface area contributed by atoms with Crippen molar-refractivity contribution < 1.29 is 0 Å². The van der Waals surface area contributed by atoms with E-state index in [1.807, 2.05) is 6.07 Å². The third kappa shape index (κ3) is 3.13. The van der Waals surface area contributed by atoms with Gasteiger partial charge < -0.3 is 0 Å². The van der Waals surface area contributed by atoms with Crippen molar-refractivity contribution in [1.82, 2.24) is 4.90 Å². The average molecular weight is 260 g/mol. The van der Waals surface area contributed by atoms with Crippen molar-refractivity contribution in [1.29, 1.82) is 0 Å². The first-order valence-corrected chi connectivity index (χ1v) is 6.18. The minimum atomic E-state index is 0. The third-order valence-corrected chi connectivity index (χ3v) is 3.44. The Morgan fingerprint density at radius 3 is 2.56 bits per heavy atom. The topological polar surface area (TPSA) is 3.24 Å². The normalized spacial score (nSPS) is 18.1. The molecule has 16 heavy (non-hydrogen) atoms. The lowest BCUT2D eigenvalue weighted by molar-refractivity contribution is 0.239. The minimum absolute atomic E-state index is 0. The highest BCUT2D eigenvalue weighted by atomic mass is 35.5. The highest BCUT2D eigenvalue weighted by Crippen LogP contribution is 2.28. The Hall–Kier alpha value is -0.240. The summed E-state index contributed by atoms with van der Waals surface area (Å²) < 4.78 is 0. The van der Waals surface area contributed by atoms with Crippen molar-refractivity contribution in [3.05, 3.63) is 34.9 Å². The SMILES string of the molecule is CCC(c1cccc(Cl)c1)N1CCCC1.Cl. The second kappa shape index (κ2) is 6.48. The Bertz CT molecular complexity index is 321. The van der Waals surface area contributed by atoms with E-state index in [1.54, 1.807) is 0 Å². The molecule has 0 aliphatic carbocycles. The number of hydrogen-bond acceptors (Lipinski definition) is 1. The summed E-state index contributed by atoms with van der Waals surface area (Å²) in [4.78, 5) is 2.58. The van der Waals surface area contributed by atoms with E-state index in [1.165, 1.54) is 37.9 Å². The molecule has 0 aromatic heterocycles. The van der Waals surface area contributed by atoms with E-state index in [0.717, 1.165) is 5.02 Å². The molecule has 0 spiro atoms. The van der Waals surface area contributed by atoms with Gasteiger partial charge in [-0.2, -0.15) is 0 Å². The molecule has 1 aromatic carbocycles. The summed E-state index contributed by atoms with van der Waals surface area (Å²) in [6, 6.07) is 8.86. The summed E-state index contributed by atoms with van der Waals surface area (Å²) in [5.74, 6) is 0. The molecule has 1 heterocycles. The van der Waals surface area contributed by atoms with Crippen LogP contribution in [0.15, 0.2) is 24.3 Å². The molecule has 1 nitrogen and oxygen atoms in total. The zero-order valence-corrected chi connectivity index (χ0v) is 11.2. The van der Waals surface area contributed by atoms with Crippen LogP contribution in [0.25, 0.3) is 0 Å². The Morgan fingerprint density at radius 1 is 1.31 bits per heavy atom. The summed E-state index contributed by atoms with van der Waals surface area (Å²) >= 11 is 6.03. The molecule has 0 radical (unpaired) electrons. The van der Waals surface area contributed by atoms with Crippen LogP contribution >= 0.6 is 24.0 Å². The Kier molecular flexibility index (Phi) is 5.60. The molecule has 1 saturated heterocycles. The van der Waals surface area contributed by atoms with E-state index in [2.05, 4.69) is 30.0 Å². The minimum Gasteiger partial charge on any atom is -0.296 e. The fraction of sp³-hybridized carbons (Fsp3) is 0.538. The van der Waals surface area contributed by atoms with Crippen molar-refractivity contribution in [3.8, 4) is 0 Å². The fourth-order valence-electron chi connectivity index (χ4n) is 2.47. The zero-order valence-electron chi connectivity index (χ0n) is 9.66. The van der Waals surface area contributed by atoms with Gasteiger partial charge in [0, 0.05) is 11.1 Å². The predicted octanol–water partition coefficient (Wildman–Crippen LogP) is 4.31. The van der Waals surface area contributed by atoms with Gasteiger partial charge in [-0.05, 0) is 50.0 Å². The second-order valence-electron chi connectivity index (χ2n) is 4.22. The van der Waals surface area contributed by atoms with Crippen molar-refractivity contribution >= 4 is 24.0 Å². The summed E-state index contributed by atoms with van der Waals surface area (Å²) in [6.45, 7) is 4.74. The van der Waals surface area contributed by atoms with E-state index in [-0.39, 0.29) is 12.4 Å². The first-order valence-electron chi connectivity index (χ1n) is 5.81. The van der Waals surface area contributed by atoms with Crippen molar-refractivity contribution in [2.45, 2.75) is 32.2 Å². The van der Waals surface area contributed by atoms with Gasteiger partial charge in [-0.25, -0.2) is 0 Å². The molecule has 0 bridgehead atoms. The molecule has 3 heteroatoms. The maximum atomic E-state index is 6.03. The lowest BCUT2D eigenvalue weighted by atomic mass is 10.0. The van der Waals surface area contributed by atoms with Gasteiger partial charge in [0.2, 0.25) is 0 Å². The van der Waals surface area contributed by atoms with Gasteiger partial charge in [-0.1, -0.05) is 30.7 Å². The standard InChI is InChI=1S/C13H18ClN.ClH/c1-2-13(15-8-3-4-9-15)11-6-5-7-12(14)10-11;/h5-7,10,13H,2-4,8-9H2,1H3;1H. The van der Waals surface area contributed by atoms with E-state index >= 15 is 0 Å². The van der Waals surface area contributed by atoms with Crippen LogP contribution in [-0.4, -0.2) is 18.0 Å². The van der Waals surface area contributed by atoms with Crippen LogP contribution in [0, 0.1) is 0 Å².